The number of benzene rings is 1. The van der Waals surface area contributed by atoms with Gasteiger partial charge in [0.25, 0.3) is 0 Å². The fourth-order valence-electron chi connectivity index (χ4n) is 2.86. The molecule has 0 spiro atoms. The Labute approximate surface area is 146 Å². The average Bonchev–Trinajstić information content (AvgIpc) is 2.56. The van der Waals surface area contributed by atoms with Gasteiger partial charge in [-0.3, -0.25) is 4.79 Å². The number of carbonyl (C=O) groups excluding carboxylic acids is 1. The Morgan fingerprint density at radius 2 is 2.08 bits per heavy atom. The maximum absolute atomic E-state index is 12.1. The van der Waals surface area contributed by atoms with Crippen molar-refractivity contribution in [1.29, 1.82) is 0 Å². The Kier molecular flexibility index (Phi) is 5.16. The summed E-state index contributed by atoms with van der Waals surface area (Å²) in [5, 5.41) is 1.21. The molecule has 1 aliphatic heterocycles. The Hall–Kier alpha value is -1.92. The van der Waals surface area contributed by atoms with Crippen molar-refractivity contribution < 1.29 is 9.53 Å². The highest BCUT2D eigenvalue weighted by Crippen LogP contribution is 2.26. The van der Waals surface area contributed by atoms with Crippen LogP contribution in [0.25, 0.3) is 10.9 Å². The van der Waals surface area contributed by atoms with Crippen LogP contribution in [0.5, 0.6) is 5.75 Å². The number of hydrogen-bond acceptors (Lipinski definition) is 5. The first-order chi connectivity index (χ1) is 11.5. The normalized spacial score (nSPS) is 15.9. The molecule has 2 heterocycles. The smallest absolute Gasteiger partial charge is 0.236 e. The van der Waals surface area contributed by atoms with E-state index in [1.54, 1.807) is 0 Å². The third-order valence-electron chi connectivity index (χ3n) is 4.11. The molecule has 1 amide bonds. The Morgan fingerprint density at radius 3 is 2.79 bits per heavy atom. The minimum Gasteiger partial charge on any atom is -0.490 e. The van der Waals surface area contributed by atoms with E-state index in [2.05, 4.69) is 9.97 Å². The molecular formula is C17H21ClN4O2. The quantitative estimate of drug-likeness (QED) is 0.793. The summed E-state index contributed by atoms with van der Waals surface area (Å²) in [5.74, 6) is 0.936. The lowest BCUT2D eigenvalue weighted by atomic mass is 10.1. The lowest BCUT2D eigenvalue weighted by Gasteiger charge is -2.32. The number of hydrogen-bond donors (Lipinski definition) is 0. The third kappa shape index (κ3) is 3.94. The van der Waals surface area contributed by atoms with Crippen molar-refractivity contribution in [1.82, 2.24) is 19.8 Å². The van der Waals surface area contributed by atoms with Gasteiger partial charge in [-0.05, 0) is 32.3 Å². The molecule has 128 valence electrons. The van der Waals surface area contributed by atoms with E-state index in [1.165, 1.54) is 6.33 Å². The van der Waals surface area contributed by atoms with Crippen molar-refractivity contribution in [3.8, 4) is 5.75 Å². The van der Waals surface area contributed by atoms with Gasteiger partial charge in [0.15, 0.2) is 0 Å². The number of likely N-dealkylation sites (N-methyl/N-ethyl adjacent to an activating group) is 1. The van der Waals surface area contributed by atoms with Crippen LogP contribution in [0.15, 0.2) is 24.5 Å². The number of halogens is 1. The molecule has 0 radical (unpaired) electrons. The van der Waals surface area contributed by atoms with Gasteiger partial charge < -0.3 is 14.5 Å². The van der Waals surface area contributed by atoms with Crippen LogP contribution in [0.4, 0.5) is 0 Å². The third-order valence-corrected chi connectivity index (χ3v) is 4.41. The van der Waals surface area contributed by atoms with E-state index < -0.39 is 0 Å². The molecule has 0 saturated carbocycles. The molecule has 1 aliphatic rings. The molecule has 1 saturated heterocycles. The van der Waals surface area contributed by atoms with E-state index in [0.29, 0.717) is 11.7 Å². The van der Waals surface area contributed by atoms with Crippen LogP contribution in [0.2, 0.25) is 5.15 Å². The van der Waals surface area contributed by atoms with Gasteiger partial charge in [-0.2, -0.15) is 0 Å². The molecule has 1 aromatic carbocycles. The molecule has 1 fully saturated rings. The number of ether oxygens (including phenoxy) is 1. The monoisotopic (exact) mass is 348 g/mol. The highest BCUT2D eigenvalue weighted by atomic mass is 35.5. The average molecular weight is 349 g/mol. The topological polar surface area (TPSA) is 58.6 Å². The van der Waals surface area contributed by atoms with Gasteiger partial charge in [-0.1, -0.05) is 11.6 Å². The van der Waals surface area contributed by atoms with Crippen LogP contribution < -0.4 is 4.74 Å². The second-order valence-electron chi connectivity index (χ2n) is 6.28. The minimum absolute atomic E-state index is 0.106. The number of piperidine rings is 1. The second-order valence-corrected chi connectivity index (χ2v) is 6.64. The fourth-order valence-corrected chi connectivity index (χ4v) is 3.06. The van der Waals surface area contributed by atoms with E-state index in [0.717, 1.165) is 42.6 Å². The van der Waals surface area contributed by atoms with Crippen molar-refractivity contribution in [3.63, 3.8) is 0 Å². The summed E-state index contributed by atoms with van der Waals surface area (Å²) < 4.78 is 6.06. The molecule has 7 heteroatoms. The van der Waals surface area contributed by atoms with E-state index in [-0.39, 0.29) is 12.0 Å². The summed E-state index contributed by atoms with van der Waals surface area (Å²) >= 11 is 6.11. The van der Waals surface area contributed by atoms with E-state index in [4.69, 9.17) is 16.3 Å². The number of aromatic nitrogens is 2. The van der Waals surface area contributed by atoms with Crippen LogP contribution in [0.3, 0.4) is 0 Å². The van der Waals surface area contributed by atoms with Gasteiger partial charge in [0.1, 0.15) is 23.3 Å². The molecule has 6 nitrogen and oxygen atoms in total. The van der Waals surface area contributed by atoms with Gasteiger partial charge in [0, 0.05) is 31.3 Å². The molecule has 0 bridgehead atoms. The van der Waals surface area contributed by atoms with Crippen LogP contribution in [0, 0.1) is 0 Å². The molecule has 1 aromatic heterocycles. The molecule has 0 atom stereocenters. The molecule has 0 aliphatic carbocycles. The summed E-state index contributed by atoms with van der Waals surface area (Å²) in [7, 11) is 3.81. The first-order valence-corrected chi connectivity index (χ1v) is 8.40. The molecule has 3 rings (SSSR count). The summed E-state index contributed by atoms with van der Waals surface area (Å²) in [6, 6.07) is 5.66. The summed E-state index contributed by atoms with van der Waals surface area (Å²) in [6.07, 6.45) is 3.22. The molecule has 0 unspecified atom stereocenters. The number of rotatable bonds is 4. The Bertz CT molecular complexity index is 730. The van der Waals surface area contributed by atoms with Crippen LogP contribution in [-0.2, 0) is 4.79 Å². The zero-order valence-electron chi connectivity index (χ0n) is 13.9. The highest BCUT2D eigenvalue weighted by molar-refractivity contribution is 6.34. The zero-order chi connectivity index (χ0) is 17.1. The van der Waals surface area contributed by atoms with Crippen LogP contribution in [0.1, 0.15) is 12.8 Å². The lowest BCUT2D eigenvalue weighted by Crippen LogP contribution is -2.44. The van der Waals surface area contributed by atoms with Gasteiger partial charge in [0.2, 0.25) is 5.91 Å². The van der Waals surface area contributed by atoms with Crippen molar-refractivity contribution in [2.24, 2.45) is 0 Å². The summed E-state index contributed by atoms with van der Waals surface area (Å²) in [5.41, 5.74) is 0.798. The van der Waals surface area contributed by atoms with Gasteiger partial charge in [-0.25, -0.2) is 9.97 Å². The van der Waals surface area contributed by atoms with Crippen LogP contribution >= 0.6 is 11.6 Å². The van der Waals surface area contributed by atoms with Gasteiger partial charge >= 0.3 is 0 Å². The number of fused-ring (bicyclic) bond motifs is 1. The van der Waals surface area contributed by atoms with Crippen molar-refractivity contribution in [2.45, 2.75) is 18.9 Å². The van der Waals surface area contributed by atoms with E-state index in [1.807, 2.05) is 42.1 Å². The predicted molar refractivity (Wildman–Crippen MR) is 93.3 cm³/mol. The second kappa shape index (κ2) is 7.32. The number of carbonyl (C=O) groups is 1. The highest BCUT2D eigenvalue weighted by Gasteiger charge is 2.24. The van der Waals surface area contributed by atoms with Crippen LogP contribution in [-0.4, -0.2) is 65.5 Å². The molecule has 2 aromatic rings. The number of nitrogens with zero attached hydrogens (tertiary/aromatic N) is 4. The lowest BCUT2D eigenvalue weighted by molar-refractivity contribution is -0.133. The van der Waals surface area contributed by atoms with E-state index >= 15 is 0 Å². The summed E-state index contributed by atoms with van der Waals surface area (Å²) in [6.45, 7) is 1.91. The van der Waals surface area contributed by atoms with E-state index in [9.17, 15) is 4.79 Å². The number of amides is 1. The maximum atomic E-state index is 12.1. The molecular weight excluding hydrogens is 328 g/mol. The first-order valence-electron chi connectivity index (χ1n) is 8.02. The Morgan fingerprint density at radius 1 is 1.33 bits per heavy atom. The molecule has 24 heavy (non-hydrogen) atoms. The standard InChI is InChI=1S/C17H21ClN4O2/c1-21(2)10-16(23)22-7-5-12(6-8-22)24-13-3-4-15-14(9-13)17(18)20-11-19-15/h3-4,9,11-12H,5-8,10H2,1-2H3. The van der Waals surface area contributed by atoms with Gasteiger partial charge in [0.05, 0.1) is 12.1 Å². The fraction of sp³-hybridized carbons (Fsp3) is 0.471. The largest absolute Gasteiger partial charge is 0.490 e. The Balaban J connectivity index is 1.60. The maximum Gasteiger partial charge on any atom is 0.236 e. The summed E-state index contributed by atoms with van der Waals surface area (Å²) in [4.78, 5) is 24.1. The van der Waals surface area contributed by atoms with Crippen molar-refractivity contribution in [2.75, 3.05) is 33.7 Å². The molecule has 0 N–H and O–H groups in total. The minimum atomic E-state index is 0.106. The predicted octanol–water partition coefficient (Wildman–Crippen LogP) is 2.21. The van der Waals surface area contributed by atoms with Gasteiger partial charge in [-0.15, -0.1) is 0 Å². The van der Waals surface area contributed by atoms with Crippen molar-refractivity contribution in [3.05, 3.63) is 29.7 Å². The first kappa shape index (κ1) is 16.9. The zero-order valence-corrected chi connectivity index (χ0v) is 14.7. The number of likely N-dealkylation sites (tertiary alicyclic amines) is 1. The van der Waals surface area contributed by atoms with Crippen molar-refractivity contribution >= 4 is 28.4 Å². The SMILES string of the molecule is CN(C)CC(=O)N1CCC(Oc2ccc3ncnc(Cl)c3c2)CC1.